The molecule has 1 atom stereocenters. The molecule has 0 saturated carbocycles. The van der Waals surface area contributed by atoms with Crippen LogP contribution in [-0.2, 0) is 20.8 Å². The van der Waals surface area contributed by atoms with Crippen LogP contribution in [0.2, 0.25) is 0 Å². The number of cyclic esters (lactones) is 1. The Balaban J connectivity index is 1.80. The third-order valence-corrected chi connectivity index (χ3v) is 6.42. The second kappa shape index (κ2) is 13.1. The summed E-state index contributed by atoms with van der Waals surface area (Å²) in [6.45, 7) is 7.15. The number of likely N-dealkylation sites (tertiary alicyclic amines) is 1. The van der Waals surface area contributed by atoms with E-state index >= 15 is 0 Å². The summed E-state index contributed by atoms with van der Waals surface area (Å²) in [5.74, 6) is -0.324. The van der Waals surface area contributed by atoms with Crippen LogP contribution in [0.5, 0.6) is 0 Å². The minimum atomic E-state index is -0.312. The van der Waals surface area contributed by atoms with Crippen molar-refractivity contribution >= 4 is 17.6 Å². The van der Waals surface area contributed by atoms with Gasteiger partial charge in [0.25, 0.3) is 5.91 Å². The van der Waals surface area contributed by atoms with Crippen molar-refractivity contribution in [2.75, 3.05) is 19.8 Å². The van der Waals surface area contributed by atoms with Crippen LogP contribution in [0.3, 0.4) is 0 Å². The number of amides is 1. The zero-order chi connectivity index (χ0) is 24.3. The lowest BCUT2D eigenvalue weighted by molar-refractivity contribution is -0.139. The lowest BCUT2D eigenvalue weighted by Crippen LogP contribution is -2.44. The largest absolute Gasteiger partial charge is 0.462 e. The number of carbonyl (C=O) groups excluding carboxylic acids is 2. The molecule has 6 nitrogen and oxygen atoms in total. The first-order valence-electron chi connectivity index (χ1n) is 12.6. The van der Waals surface area contributed by atoms with Gasteiger partial charge in [-0.25, -0.2) is 4.79 Å². The van der Waals surface area contributed by atoms with Crippen LogP contribution in [0.4, 0.5) is 0 Å². The minimum Gasteiger partial charge on any atom is -0.462 e. The molecule has 0 spiro atoms. The molecule has 0 bridgehead atoms. The van der Waals surface area contributed by atoms with Gasteiger partial charge >= 0.3 is 5.97 Å². The van der Waals surface area contributed by atoms with Crippen molar-refractivity contribution < 1.29 is 19.2 Å². The van der Waals surface area contributed by atoms with E-state index in [0.717, 1.165) is 55.3 Å². The van der Waals surface area contributed by atoms with Crippen molar-refractivity contribution in [1.29, 1.82) is 0 Å². The Bertz CT molecular complexity index is 948. The van der Waals surface area contributed by atoms with Crippen molar-refractivity contribution in [2.24, 2.45) is 5.16 Å². The van der Waals surface area contributed by atoms with Crippen molar-refractivity contribution in [1.82, 2.24) is 4.90 Å². The first-order chi connectivity index (χ1) is 16.5. The van der Waals surface area contributed by atoms with Gasteiger partial charge in [0, 0.05) is 19.0 Å². The minimum absolute atomic E-state index is 0.0124. The van der Waals surface area contributed by atoms with E-state index in [2.05, 4.69) is 24.2 Å². The molecule has 1 aromatic carbocycles. The van der Waals surface area contributed by atoms with E-state index in [9.17, 15) is 9.59 Å². The fraction of sp³-hybridized carbons (Fsp3) is 0.536. The lowest BCUT2D eigenvalue weighted by Gasteiger charge is -2.34. The molecule has 184 valence electrons. The molecular formula is C28H38N2O4. The predicted octanol–water partition coefficient (Wildman–Crippen LogP) is 5.46. The first kappa shape index (κ1) is 25.7. The van der Waals surface area contributed by atoms with Gasteiger partial charge in [-0.15, -0.1) is 0 Å². The van der Waals surface area contributed by atoms with Crippen molar-refractivity contribution in [3.8, 4) is 0 Å². The Morgan fingerprint density at radius 2 is 1.94 bits per heavy atom. The molecule has 0 radical (unpaired) electrons. The third kappa shape index (κ3) is 7.31. The van der Waals surface area contributed by atoms with Crippen molar-refractivity contribution in [2.45, 2.75) is 78.2 Å². The van der Waals surface area contributed by atoms with E-state index in [1.165, 1.54) is 6.42 Å². The maximum absolute atomic E-state index is 12.9. The Hall–Kier alpha value is -2.89. The number of nitrogens with zero attached hydrogens (tertiary/aromatic N) is 2. The van der Waals surface area contributed by atoms with Gasteiger partial charge in [0.2, 0.25) is 0 Å². The van der Waals surface area contributed by atoms with E-state index in [0.29, 0.717) is 36.8 Å². The second-order valence-corrected chi connectivity index (χ2v) is 9.17. The highest BCUT2D eigenvalue weighted by molar-refractivity contribution is 6.00. The van der Waals surface area contributed by atoms with E-state index in [-0.39, 0.29) is 18.5 Å². The highest BCUT2D eigenvalue weighted by Crippen LogP contribution is 2.21. The molecule has 0 N–H and O–H groups in total. The number of carbonyl (C=O) groups is 2. The molecule has 2 heterocycles. The normalized spacial score (nSPS) is 22.9. The van der Waals surface area contributed by atoms with Gasteiger partial charge < -0.3 is 14.5 Å². The monoisotopic (exact) mass is 466 g/mol. The number of ether oxygens (including phenoxy) is 1. The van der Waals surface area contributed by atoms with E-state index in [4.69, 9.17) is 9.57 Å². The number of rotatable bonds is 4. The van der Waals surface area contributed by atoms with E-state index in [1.54, 1.807) is 0 Å². The Labute approximate surface area is 203 Å². The number of hydrogen-bond donors (Lipinski definition) is 0. The molecule has 0 aromatic heterocycles. The average molecular weight is 467 g/mol. The fourth-order valence-electron chi connectivity index (χ4n) is 4.75. The summed E-state index contributed by atoms with van der Waals surface area (Å²) < 4.78 is 5.54. The Morgan fingerprint density at radius 1 is 1.15 bits per heavy atom. The number of benzene rings is 1. The molecule has 1 fully saturated rings. The van der Waals surface area contributed by atoms with Gasteiger partial charge in [-0.1, -0.05) is 48.0 Å². The third-order valence-electron chi connectivity index (χ3n) is 6.42. The van der Waals surface area contributed by atoms with E-state index in [1.807, 2.05) is 43.0 Å². The molecule has 34 heavy (non-hydrogen) atoms. The second-order valence-electron chi connectivity index (χ2n) is 9.17. The molecule has 3 rings (SSSR count). The van der Waals surface area contributed by atoms with Gasteiger partial charge in [0.05, 0.1) is 17.9 Å². The number of oxime groups is 1. The van der Waals surface area contributed by atoms with Crippen LogP contribution in [0, 0.1) is 13.8 Å². The zero-order valence-corrected chi connectivity index (χ0v) is 20.8. The van der Waals surface area contributed by atoms with Gasteiger partial charge in [-0.2, -0.15) is 0 Å². The zero-order valence-electron chi connectivity index (χ0n) is 20.8. The van der Waals surface area contributed by atoms with Crippen LogP contribution in [0.15, 0.2) is 41.6 Å². The number of esters is 1. The van der Waals surface area contributed by atoms with Crippen LogP contribution < -0.4 is 0 Å². The predicted molar refractivity (Wildman–Crippen MR) is 135 cm³/mol. The quantitative estimate of drug-likeness (QED) is 0.336. The van der Waals surface area contributed by atoms with Gasteiger partial charge in [-0.05, 0) is 76.0 Å². The number of piperidine rings is 1. The van der Waals surface area contributed by atoms with Crippen LogP contribution >= 0.6 is 0 Å². The summed E-state index contributed by atoms with van der Waals surface area (Å²) in [4.78, 5) is 33.1. The Kier molecular flexibility index (Phi) is 9.92. The summed E-state index contributed by atoms with van der Waals surface area (Å²) in [5, 5.41) is 4.33. The molecule has 6 heteroatoms. The van der Waals surface area contributed by atoms with Crippen LogP contribution in [0.25, 0.3) is 0 Å². The Morgan fingerprint density at radius 3 is 2.76 bits per heavy atom. The topological polar surface area (TPSA) is 68.2 Å². The summed E-state index contributed by atoms with van der Waals surface area (Å²) in [7, 11) is 0. The maximum Gasteiger partial charge on any atom is 0.338 e. The summed E-state index contributed by atoms with van der Waals surface area (Å²) >= 11 is 0. The number of allylic oxidation sites excluding steroid dienone is 3. The molecule has 1 aromatic rings. The standard InChI is InChI=1S/C28H38N2O4/c1-4-25-14-10-11-15-30(25)26(31)20-34-29-24-13-9-7-5-6-8-12-16-33-28(32)27-22(3)17-21(2)18-23(27)19-24/h6,8-9,13,17-18,25H,4-5,7,10-12,14-16,19-20H2,1-3H3/b8-6+,13-9+,29-24-. The van der Waals surface area contributed by atoms with E-state index < -0.39 is 0 Å². The van der Waals surface area contributed by atoms with Gasteiger partial charge in [0.1, 0.15) is 0 Å². The summed E-state index contributed by atoms with van der Waals surface area (Å²) in [6, 6.07) is 4.29. The highest BCUT2D eigenvalue weighted by atomic mass is 16.6. The molecule has 2 aliphatic rings. The average Bonchev–Trinajstić information content (AvgIpc) is 2.81. The highest BCUT2D eigenvalue weighted by Gasteiger charge is 2.25. The number of aryl methyl sites for hydroxylation is 2. The van der Waals surface area contributed by atoms with Crippen LogP contribution in [0.1, 0.15) is 78.9 Å². The first-order valence-corrected chi connectivity index (χ1v) is 12.6. The summed E-state index contributed by atoms with van der Waals surface area (Å²) in [6.07, 6.45) is 15.3. The molecule has 0 aliphatic carbocycles. The lowest BCUT2D eigenvalue weighted by atomic mass is 9.95. The maximum atomic E-state index is 12.9. The van der Waals surface area contributed by atoms with Crippen LogP contribution in [-0.4, -0.2) is 48.3 Å². The van der Waals surface area contributed by atoms with Gasteiger partial charge in [0.15, 0.2) is 6.61 Å². The number of hydrogen-bond acceptors (Lipinski definition) is 5. The molecule has 2 aliphatic heterocycles. The smallest absolute Gasteiger partial charge is 0.338 e. The van der Waals surface area contributed by atoms with Crippen molar-refractivity contribution in [3.05, 3.63) is 58.7 Å². The SMILES string of the molecule is CCC1CCCCN1C(=O)CO/N=C1/C=C/CC/C=C/CCOC(=O)c2c(C)cc(C)cc2C1. The molecule has 1 saturated heterocycles. The molecule has 1 amide bonds. The van der Waals surface area contributed by atoms with Crippen molar-refractivity contribution in [3.63, 3.8) is 0 Å². The fourth-order valence-corrected chi connectivity index (χ4v) is 4.75. The number of fused-ring (bicyclic) bond motifs is 1. The summed E-state index contributed by atoms with van der Waals surface area (Å²) in [5.41, 5.74) is 4.08. The molecular weight excluding hydrogens is 428 g/mol. The molecule has 1 unspecified atom stereocenters. The van der Waals surface area contributed by atoms with Gasteiger partial charge in [-0.3, -0.25) is 4.79 Å².